The Kier molecular flexibility index (Phi) is 4.63. The summed E-state index contributed by atoms with van der Waals surface area (Å²) in [5.41, 5.74) is 0.0498. The second-order valence-electron chi connectivity index (χ2n) is 3.06. The highest BCUT2D eigenvalue weighted by Gasteiger charge is 2.16. The largest absolute Gasteiger partial charge is 0.476 e. The first-order valence-electron chi connectivity index (χ1n) is 4.82. The molecule has 1 aromatic rings. The first-order chi connectivity index (χ1) is 8.58. The first kappa shape index (κ1) is 13.4. The molecule has 0 radical (unpaired) electrons. The fourth-order valence-corrected chi connectivity index (χ4v) is 1.09. The number of rotatable bonds is 3. The molecule has 0 N–H and O–H groups in total. The second-order valence-corrected chi connectivity index (χ2v) is 3.06. The van der Waals surface area contributed by atoms with Gasteiger partial charge in [-0.15, -0.1) is 0 Å². The van der Waals surface area contributed by atoms with Crippen LogP contribution >= 0.6 is 0 Å². The molecule has 0 spiro atoms. The van der Waals surface area contributed by atoms with Gasteiger partial charge in [0.2, 0.25) is 0 Å². The van der Waals surface area contributed by atoms with Crippen LogP contribution < -0.4 is 4.74 Å². The zero-order chi connectivity index (χ0) is 13.5. The molecule has 0 aliphatic heterocycles. The molecular formula is C11H10N2O5. The summed E-state index contributed by atoms with van der Waals surface area (Å²) < 4.78 is 9.15. The summed E-state index contributed by atoms with van der Waals surface area (Å²) >= 11 is 0. The molecule has 7 heteroatoms. The maximum absolute atomic E-state index is 10.8. The summed E-state index contributed by atoms with van der Waals surface area (Å²) in [6, 6.07) is 1.23. The van der Waals surface area contributed by atoms with Crippen LogP contribution in [0.15, 0.2) is 12.3 Å². The highest BCUT2D eigenvalue weighted by atomic mass is 16.6. The number of pyridine rings is 1. The van der Waals surface area contributed by atoms with Crippen molar-refractivity contribution in [2.45, 2.75) is 6.42 Å². The van der Waals surface area contributed by atoms with Gasteiger partial charge in [-0.05, 0) is 0 Å². The quantitative estimate of drug-likeness (QED) is 0.342. The Morgan fingerprint density at radius 2 is 2.28 bits per heavy atom. The fraction of sp³-hybridized carbons (Fsp3) is 0.273. The third-order valence-electron chi connectivity index (χ3n) is 1.92. The van der Waals surface area contributed by atoms with Crippen molar-refractivity contribution in [2.24, 2.45) is 0 Å². The van der Waals surface area contributed by atoms with E-state index in [-0.39, 0.29) is 18.0 Å². The van der Waals surface area contributed by atoms with E-state index in [4.69, 9.17) is 4.74 Å². The van der Waals surface area contributed by atoms with Crippen LogP contribution in [0.5, 0.6) is 5.88 Å². The molecular weight excluding hydrogens is 240 g/mol. The molecule has 94 valence electrons. The number of carbonyl (C=O) groups is 1. The number of nitro groups is 1. The number of methoxy groups -OCH3 is 2. The lowest BCUT2D eigenvalue weighted by Crippen LogP contribution is -1.98. The predicted octanol–water partition coefficient (Wildman–Crippen LogP) is 0.913. The van der Waals surface area contributed by atoms with Crippen molar-refractivity contribution in [1.29, 1.82) is 0 Å². The standard InChI is InChI=1S/C11H10N2O5/c1-17-10(14)5-3-4-8-6-9(13(15)16)11(18-2)12-7-8/h6-7H,5H2,1-2H3. The molecule has 0 unspecified atom stereocenters. The van der Waals surface area contributed by atoms with Crippen molar-refractivity contribution in [3.05, 3.63) is 27.9 Å². The van der Waals surface area contributed by atoms with Gasteiger partial charge in [0.15, 0.2) is 0 Å². The summed E-state index contributed by atoms with van der Waals surface area (Å²) in [7, 11) is 2.54. The van der Waals surface area contributed by atoms with Crippen LogP contribution in [0, 0.1) is 22.0 Å². The van der Waals surface area contributed by atoms with Gasteiger partial charge in [-0.2, -0.15) is 0 Å². The third-order valence-corrected chi connectivity index (χ3v) is 1.92. The van der Waals surface area contributed by atoms with Crippen molar-refractivity contribution in [3.8, 4) is 17.7 Å². The minimum absolute atomic E-state index is 0.0847. The molecule has 18 heavy (non-hydrogen) atoms. The van der Waals surface area contributed by atoms with Gasteiger partial charge in [0.1, 0.15) is 6.42 Å². The molecule has 0 fully saturated rings. The lowest BCUT2D eigenvalue weighted by molar-refractivity contribution is -0.386. The minimum Gasteiger partial charge on any atom is -0.476 e. The Balaban J connectivity index is 2.95. The molecule has 1 heterocycles. The number of ether oxygens (including phenoxy) is 2. The van der Waals surface area contributed by atoms with Crippen LogP contribution in [0.4, 0.5) is 5.69 Å². The van der Waals surface area contributed by atoms with E-state index >= 15 is 0 Å². The zero-order valence-corrected chi connectivity index (χ0v) is 9.80. The van der Waals surface area contributed by atoms with Crippen molar-refractivity contribution >= 4 is 11.7 Å². The summed E-state index contributed by atoms with van der Waals surface area (Å²) in [5, 5.41) is 10.7. The van der Waals surface area contributed by atoms with Gasteiger partial charge in [-0.25, -0.2) is 4.98 Å². The van der Waals surface area contributed by atoms with Gasteiger partial charge in [-0.3, -0.25) is 14.9 Å². The molecule has 0 aromatic carbocycles. The van der Waals surface area contributed by atoms with E-state index in [1.165, 1.54) is 26.5 Å². The molecule has 0 aliphatic rings. The summed E-state index contributed by atoms with van der Waals surface area (Å²) in [5.74, 6) is 4.55. The van der Waals surface area contributed by atoms with Crippen LogP contribution in [0.25, 0.3) is 0 Å². The van der Waals surface area contributed by atoms with Crippen molar-refractivity contribution < 1.29 is 19.2 Å². The van der Waals surface area contributed by atoms with Gasteiger partial charge < -0.3 is 9.47 Å². The number of hydrogen-bond donors (Lipinski definition) is 0. The maximum atomic E-state index is 10.8. The Morgan fingerprint density at radius 3 is 2.83 bits per heavy atom. The molecule has 0 atom stereocenters. The number of carbonyl (C=O) groups excluding carboxylic acids is 1. The Bertz CT molecular complexity index is 530. The number of nitrogens with zero attached hydrogens (tertiary/aromatic N) is 2. The molecule has 1 rings (SSSR count). The van der Waals surface area contributed by atoms with E-state index in [1.54, 1.807) is 0 Å². The molecule has 0 bridgehead atoms. The van der Waals surface area contributed by atoms with Gasteiger partial charge in [0, 0.05) is 17.8 Å². The monoisotopic (exact) mass is 250 g/mol. The van der Waals surface area contributed by atoms with E-state index in [1.807, 2.05) is 0 Å². The zero-order valence-electron chi connectivity index (χ0n) is 9.80. The topological polar surface area (TPSA) is 91.6 Å². The van der Waals surface area contributed by atoms with Crippen LogP contribution in [0.1, 0.15) is 12.0 Å². The second kappa shape index (κ2) is 6.20. The Labute approximate surface area is 103 Å². The van der Waals surface area contributed by atoms with E-state index < -0.39 is 10.9 Å². The minimum atomic E-state index is -0.614. The molecule has 0 amide bonds. The lowest BCUT2D eigenvalue weighted by atomic mass is 10.2. The van der Waals surface area contributed by atoms with Crippen molar-refractivity contribution in [2.75, 3.05) is 14.2 Å². The molecule has 7 nitrogen and oxygen atoms in total. The van der Waals surface area contributed by atoms with Gasteiger partial charge in [0.05, 0.1) is 19.1 Å². The van der Waals surface area contributed by atoms with E-state index in [0.717, 1.165) is 0 Å². The highest BCUT2D eigenvalue weighted by Crippen LogP contribution is 2.23. The lowest BCUT2D eigenvalue weighted by Gasteiger charge is -1.99. The number of hydrogen-bond acceptors (Lipinski definition) is 6. The average Bonchev–Trinajstić information content (AvgIpc) is 2.38. The fourth-order valence-electron chi connectivity index (χ4n) is 1.09. The smallest absolute Gasteiger partial charge is 0.332 e. The molecule has 0 aliphatic carbocycles. The summed E-state index contributed by atoms with van der Waals surface area (Å²) in [6.07, 6.45) is 1.24. The van der Waals surface area contributed by atoms with Gasteiger partial charge in [0.25, 0.3) is 5.88 Å². The third kappa shape index (κ3) is 3.45. The normalized spacial score (nSPS) is 9.00. The average molecular weight is 250 g/mol. The van der Waals surface area contributed by atoms with Crippen LogP contribution in [0.2, 0.25) is 0 Å². The van der Waals surface area contributed by atoms with E-state index in [9.17, 15) is 14.9 Å². The predicted molar refractivity (Wildman–Crippen MR) is 61.0 cm³/mol. The first-order valence-corrected chi connectivity index (χ1v) is 4.82. The van der Waals surface area contributed by atoms with Crippen LogP contribution in [0.3, 0.4) is 0 Å². The van der Waals surface area contributed by atoms with E-state index in [0.29, 0.717) is 5.56 Å². The van der Waals surface area contributed by atoms with E-state index in [2.05, 4.69) is 21.6 Å². The Hall–Kier alpha value is -2.62. The number of aromatic nitrogens is 1. The summed E-state index contributed by atoms with van der Waals surface area (Å²) in [4.78, 5) is 24.7. The van der Waals surface area contributed by atoms with Crippen molar-refractivity contribution in [1.82, 2.24) is 4.98 Å². The number of esters is 1. The van der Waals surface area contributed by atoms with Crippen molar-refractivity contribution in [3.63, 3.8) is 0 Å². The molecule has 1 aromatic heterocycles. The molecule has 0 saturated carbocycles. The van der Waals surface area contributed by atoms with Crippen LogP contribution in [-0.4, -0.2) is 30.1 Å². The Morgan fingerprint density at radius 1 is 1.56 bits per heavy atom. The van der Waals surface area contributed by atoms with Gasteiger partial charge >= 0.3 is 11.7 Å². The maximum Gasteiger partial charge on any atom is 0.332 e. The SMILES string of the molecule is COC(=O)CC#Cc1cnc(OC)c([N+](=O)[O-])c1. The highest BCUT2D eigenvalue weighted by molar-refractivity contribution is 5.72. The van der Waals surface area contributed by atoms with Crippen LogP contribution in [-0.2, 0) is 9.53 Å². The molecule has 0 saturated heterocycles. The van der Waals surface area contributed by atoms with Gasteiger partial charge in [-0.1, -0.05) is 11.8 Å². The summed E-state index contributed by atoms with van der Waals surface area (Å²) in [6.45, 7) is 0.